The highest BCUT2D eigenvalue weighted by Crippen LogP contribution is 2.38. The molecule has 106 valence electrons. The molecule has 0 unspecified atom stereocenters. The molecule has 0 saturated heterocycles. The van der Waals surface area contributed by atoms with Gasteiger partial charge in [-0.05, 0) is 24.0 Å². The summed E-state index contributed by atoms with van der Waals surface area (Å²) in [5, 5.41) is 4.54. The van der Waals surface area contributed by atoms with Gasteiger partial charge in [0, 0.05) is 18.2 Å². The summed E-state index contributed by atoms with van der Waals surface area (Å²) in [6, 6.07) is 10.5. The van der Waals surface area contributed by atoms with Crippen LogP contribution in [0.15, 0.2) is 42.7 Å². The van der Waals surface area contributed by atoms with Crippen molar-refractivity contribution >= 4 is 0 Å². The van der Waals surface area contributed by atoms with E-state index >= 15 is 0 Å². The van der Waals surface area contributed by atoms with E-state index in [2.05, 4.69) is 35.6 Å². The second-order valence-corrected chi connectivity index (χ2v) is 5.96. The van der Waals surface area contributed by atoms with Crippen LogP contribution in [0.2, 0.25) is 0 Å². The minimum absolute atomic E-state index is 0.174. The zero-order valence-corrected chi connectivity index (χ0v) is 12.0. The molecule has 0 atom stereocenters. The van der Waals surface area contributed by atoms with Gasteiger partial charge in [-0.3, -0.25) is 4.68 Å². The number of nitrogens with zero attached hydrogens (tertiary/aromatic N) is 2. The minimum Gasteiger partial charge on any atom is -0.330 e. The molecule has 0 aliphatic heterocycles. The Hall–Kier alpha value is -1.61. The summed E-state index contributed by atoms with van der Waals surface area (Å²) in [7, 11) is 0. The van der Waals surface area contributed by atoms with Crippen molar-refractivity contribution in [3.8, 4) is 0 Å². The van der Waals surface area contributed by atoms with Crippen LogP contribution >= 0.6 is 0 Å². The summed E-state index contributed by atoms with van der Waals surface area (Å²) < 4.78 is 2.04. The quantitative estimate of drug-likeness (QED) is 0.927. The standard InChI is InChI=1S/C17H23N3/c18-14-17(9-5-2-6-10-17)16-11-19-20(13-16)12-15-7-3-1-4-8-15/h1,3-4,7-8,11,13H,2,5-6,9-10,12,14,18H2. The lowest BCUT2D eigenvalue weighted by molar-refractivity contribution is 0.300. The number of hydrogen-bond acceptors (Lipinski definition) is 2. The van der Waals surface area contributed by atoms with Gasteiger partial charge in [0.25, 0.3) is 0 Å². The maximum atomic E-state index is 6.10. The molecule has 1 aliphatic rings. The Labute approximate surface area is 120 Å². The van der Waals surface area contributed by atoms with Crippen molar-refractivity contribution in [3.63, 3.8) is 0 Å². The van der Waals surface area contributed by atoms with Crippen molar-refractivity contribution in [2.24, 2.45) is 5.73 Å². The van der Waals surface area contributed by atoms with Gasteiger partial charge in [-0.1, -0.05) is 49.6 Å². The molecule has 0 radical (unpaired) electrons. The Kier molecular flexibility index (Phi) is 3.88. The van der Waals surface area contributed by atoms with Gasteiger partial charge in [0.15, 0.2) is 0 Å². The largest absolute Gasteiger partial charge is 0.330 e. The number of rotatable bonds is 4. The van der Waals surface area contributed by atoms with Gasteiger partial charge < -0.3 is 5.73 Å². The van der Waals surface area contributed by atoms with Crippen molar-refractivity contribution in [1.82, 2.24) is 9.78 Å². The second-order valence-electron chi connectivity index (χ2n) is 5.96. The fourth-order valence-electron chi connectivity index (χ4n) is 3.33. The van der Waals surface area contributed by atoms with Crippen LogP contribution in [0.25, 0.3) is 0 Å². The van der Waals surface area contributed by atoms with E-state index in [1.54, 1.807) is 0 Å². The van der Waals surface area contributed by atoms with Crippen molar-refractivity contribution < 1.29 is 0 Å². The molecule has 3 heteroatoms. The lowest BCUT2D eigenvalue weighted by Crippen LogP contribution is -2.36. The van der Waals surface area contributed by atoms with Crippen LogP contribution in [0.1, 0.15) is 43.2 Å². The number of hydrogen-bond donors (Lipinski definition) is 1. The van der Waals surface area contributed by atoms with Crippen molar-refractivity contribution in [1.29, 1.82) is 0 Å². The average molecular weight is 269 g/mol. The van der Waals surface area contributed by atoms with E-state index in [1.807, 2.05) is 16.9 Å². The van der Waals surface area contributed by atoms with Crippen molar-refractivity contribution in [3.05, 3.63) is 53.9 Å². The Morgan fingerprint density at radius 3 is 2.55 bits per heavy atom. The van der Waals surface area contributed by atoms with E-state index in [0.717, 1.165) is 13.1 Å². The van der Waals surface area contributed by atoms with Gasteiger partial charge in [-0.2, -0.15) is 5.10 Å². The lowest BCUT2D eigenvalue weighted by Gasteiger charge is -2.35. The first kappa shape index (κ1) is 13.4. The monoisotopic (exact) mass is 269 g/mol. The molecule has 1 aromatic carbocycles. The first-order valence-corrected chi connectivity index (χ1v) is 7.59. The zero-order valence-electron chi connectivity index (χ0n) is 12.0. The molecule has 1 saturated carbocycles. The predicted octanol–water partition coefficient (Wildman–Crippen LogP) is 3.09. The van der Waals surface area contributed by atoms with Crippen LogP contribution in [-0.4, -0.2) is 16.3 Å². The highest BCUT2D eigenvalue weighted by atomic mass is 15.3. The normalized spacial score (nSPS) is 18.1. The third-order valence-corrected chi connectivity index (χ3v) is 4.63. The lowest BCUT2D eigenvalue weighted by atomic mass is 9.70. The van der Waals surface area contributed by atoms with Crippen LogP contribution in [0.5, 0.6) is 0 Å². The van der Waals surface area contributed by atoms with Crippen LogP contribution in [-0.2, 0) is 12.0 Å². The van der Waals surface area contributed by atoms with E-state index in [9.17, 15) is 0 Å². The van der Waals surface area contributed by atoms with Gasteiger partial charge >= 0.3 is 0 Å². The van der Waals surface area contributed by atoms with E-state index < -0.39 is 0 Å². The zero-order chi connectivity index (χ0) is 13.8. The van der Waals surface area contributed by atoms with Gasteiger partial charge in [0.1, 0.15) is 0 Å². The van der Waals surface area contributed by atoms with Crippen LogP contribution in [0, 0.1) is 0 Å². The molecule has 3 nitrogen and oxygen atoms in total. The van der Waals surface area contributed by atoms with Gasteiger partial charge in [-0.25, -0.2) is 0 Å². The summed E-state index contributed by atoms with van der Waals surface area (Å²) in [5.41, 5.74) is 8.88. The van der Waals surface area contributed by atoms with Crippen molar-refractivity contribution in [2.45, 2.75) is 44.1 Å². The first-order chi connectivity index (χ1) is 9.82. The maximum absolute atomic E-state index is 6.10. The molecule has 0 amide bonds. The molecule has 1 fully saturated rings. The number of nitrogens with two attached hydrogens (primary N) is 1. The summed E-state index contributed by atoms with van der Waals surface area (Å²) in [6.45, 7) is 1.57. The summed E-state index contributed by atoms with van der Waals surface area (Å²) in [4.78, 5) is 0. The molecule has 0 bridgehead atoms. The van der Waals surface area contributed by atoms with Crippen LogP contribution < -0.4 is 5.73 Å². The van der Waals surface area contributed by atoms with Crippen molar-refractivity contribution in [2.75, 3.05) is 6.54 Å². The van der Waals surface area contributed by atoms with E-state index in [1.165, 1.54) is 43.2 Å². The Morgan fingerprint density at radius 2 is 1.85 bits per heavy atom. The third kappa shape index (κ3) is 2.63. The SMILES string of the molecule is NCC1(c2cnn(Cc3ccccc3)c2)CCCCC1. The van der Waals surface area contributed by atoms with Crippen LogP contribution in [0.3, 0.4) is 0 Å². The molecule has 1 aliphatic carbocycles. The molecule has 2 aromatic rings. The molecule has 3 rings (SSSR count). The molecule has 1 aromatic heterocycles. The van der Waals surface area contributed by atoms with E-state index in [-0.39, 0.29) is 5.41 Å². The highest BCUT2D eigenvalue weighted by molar-refractivity contribution is 5.22. The highest BCUT2D eigenvalue weighted by Gasteiger charge is 2.33. The van der Waals surface area contributed by atoms with Gasteiger partial charge in [0.05, 0.1) is 12.7 Å². The fraction of sp³-hybridized carbons (Fsp3) is 0.471. The molecule has 20 heavy (non-hydrogen) atoms. The minimum atomic E-state index is 0.174. The molecule has 1 heterocycles. The fourth-order valence-corrected chi connectivity index (χ4v) is 3.33. The van der Waals surface area contributed by atoms with Gasteiger partial charge in [0.2, 0.25) is 0 Å². The third-order valence-electron chi connectivity index (χ3n) is 4.63. The summed E-state index contributed by atoms with van der Waals surface area (Å²) in [6.07, 6.45) is 10.6. The number of aromatic nitrogens is 2. The van der Waals surface area contributed by atoms with E-state index in [0.29, 0.717) is 0 Å². The van der Waals surface area contributed by atoms with Crippen LogP contribution in [0.4, 0.5) is 0 Å². The first-order valence-electron chi connectivity index (χ1n) is 7.59. The topological polar surface area (TPSA) is 43.8 Å². The molecular weight excluding hydrogens is 246 g/mol. The Balaban J connectivity index is 1.79. The Bertz CT molecular complexity index is 538. The molecule has 0 spiro atoms. The van der Waals surface area contributed by atoms with E-state index in [4.69, 9.17) is 5.73 Å². The smallest absolute Gasteiger partial charge is 0.0659 e. The summed E-state index contributed by atoms with van der Waals surface area (Å²) in [5.74, 6) is 0. The second kappa shape index (κ2) is 5.80. The maximum Gasteiger partial charge on any atom is 0.0659 e. The molecule has 2 N–H and O–H groups in total. The Morgan fingerprint density at radius 1 is 1.10 bits per heavy atom. The van der Waals surface area contributed by atoms with Gasteiger partial charge in [-0.15, -0.1) is 0 Å². The predicted molar refractivity (Wildman–Crippen MR) is 81.6 cm³/mol. The molecular formula is C17H23N3. The number of benzene rings is 1. The average Bonchev–Trinajstić information content (AvgIpc) is 2.98. The summed E-state index contributed by atoms with van der Waals surface area (Å²) >= 11 is 0.